The van der Waals surface area contributed by atoms with Gasteiger partial charge in [-0.15, -0.1) is 0 Å². The fraction of sp³-hybridized carbons (Fsp3) is 0.188. The number of carbonyl (C=O) groups is 1. The molecule has 1 aliphatic heterocycles. The normalized spacial score (nSPS) is 14.8. The third-order valence-electron chi connectivity index (χ3n) is 4.16. The molecule has 0 saturated heterocycles. The van der Waals surface area contributed by atoms with Crippen LogP contribution in [0.5, 0.6) is 5.88 Å². The summed E-state index contributed by atoms with van der Waals surface area (Å²) in [6.07, 6.45) is 3.87. The Morgan fingerprint density at radius 3 is 2.81 bits per heavy atom. The van der Waals surface area contributed by atoms with E-state index in [1.165, 1.54) is 21.4 Å². The largest absolute Gasteiger partial charge is 0.475 e. The van der Waals surface area contributed by atoms with Gasteiger partial charge in [-0.05, 0) is 24.3 Å². The second-order valence-corrected chi connectivity index (χ2v) is 7.72. The first kappa shape index (κ1) is 16.3. The van der Waals surface area contributed by atoms with E-state index in [0.29, 0.717) is 23.1 Å². The number of hydrogen-bond acceptors (Lipinski definition) is 7. The molecule has 9 nitrogen and oxygen atoms in total. The monoisotopic (exact) mass is 373 g/mol. The highest BCUT2D eigenvalue weighted by molar-refractivity contribution is 7.89. The standard InChI is InChI=1S/C16H15N5O4S/c1-26(23,24)21-5-4-10-8-11(2-3-12(10)21)20-6-7-25-15-13(16(20)22)14(17)18-9-19-15/h2-5,8-9H,6-7H2,1H3,(H2,17,18,19). The van der Waals surface area contributed by atoms with Gasteiger partial charge in [-0.25, -0.2) is 22.4 Å². The second kappa shape index (κ2) is 5.70. The first-order valence-electron chi connectivity index (χ1n) is 7.73. The lowest BCUT2D eigenvalue weighted by atomic mass is 10.2. The van der Waals surface area contributed by atoms with Gasteiger partial charge in [0.15, 0.2) is 0 Å². The van der Waals surface area contributed by atoms with Crippen molar-refractivity contribution in [1.82, 2.24) is 13.9 Å². The lowest BCUT2D eigenvalue weighted by Gasteiger charge is -2.20. The van der Waals surface area contributed by atoms with Crippen LogP contribution >= 0.6 is 0 Å². The fourth-order valence-corrected chi connectivity index (χ4v) is 3.78. The van der Waals surface area contributed by atoms with Crippen molar-refractivity contribution < 1.29 is 17.9 Å². The molecule has 134 valence electrons. The van der Waals surface area contributed by atoms with E-state index >= 15 is 0 Å². The van der Waals surface area contributed by atoms with Crippen LogP contribution in [0.3, 0.4) is 0 Å². The number of rotatable bonds is 2. The highest BCUT2D eigenvalue weighted by atomic mass is 32.2. The van der Waals surface area contributed by atoms with Gasteiger partial charge in [-0.3, -0.25) is 4.79 Å². The van der Waals surface area contributed by atoms with Crippen molar-refractivity contribution in [2.45, 2.75) is 0 Å². The van der Waals surface area contributed by atoms with Gasteiger partial charge in [-0.1, -0.05) is 0 Å². The van der Waals surface area contributed by atoms with Gasteiger partial charge < -0.3 is 15.4 Å². The SMILES string of the molecule is CS(=O)(=O)n1ccc2cc(N3CCOc4ncnc(N)c4C3=O)ccc21. The zero-order chi connectivity index (χ0) is 18.5. The van der Waals surface area contributed by atoms with E-state index in [2.05, 4.69) is 9.97 Å². The van der Waals surface area contributed by atoms with Gasteiger partial charge in [0, 0.05) is 17.3 Å². The predicted molar refractivity (Wildman–Crippen MR) is 95.8 cm³/mol. The quantitative estimate of drug-likeness (QED) is 0.707. The minimum atomic E-state index is -3.40. The van der Waals surface area contributed by atoms with E-state index in [4.69, 9.17) is 10.5 Å². The molecular weight excluding hydrogens is 358 g/mol. The summed E-state index contributed by atoms with van der Waals surface area (Å²) in [5.41, 5.74) is 7.10. The van der Waals surface area contributed by atoms with Gasteiger partial charge in [-0.2, -0.15) is 0 Å². The summed E-state index contributed by atoms with van der Waals surface area (Å²) >= 11 is 0. The van der Waals surface area contributed by atoms with Gasteiger partial charge in [0.1, 0.15) is 24.3 Å². The van der Waals surface area contributed by atoms with Crippen molar-refractivity contribution in [3.63, 3.8) is 0 Å². The molecule has 0 radical (unpaired) electrons. The number of nitrogens with zero attached hydrogens (tertiary/aromatic N) is 4. The van der Waals surface area contributed by atoms with Crippen molar-refractivity contribution in [2.75, 3.05) is 30.0 Å². The molecule has 0 fully saturated rings. The summed E-state index contributed by atoms with van der Waals surface area (Å²) in [4.78, 5) is 22.3. The number of nitrogens with two attached hydrogens (primary N) is 1. The smallest absolute Gasteiger partial charge is 0.267 e. The molecule has 0 atom stereocenters. The van der Waals surface area contributed by atoms with Crippen LogP contribution in [-0.2, 0) is 10.0 Å². The van der Waals surface area contributed by atoms with E-state index < -0.39 is 10.0 Å². The van der Waals surface area contributed by atoms with Crippen LogP contribution in [0.25, 0.3) is 10.9 Å². The first-order chi connectivity index (χ1) is 12.4. The third-order valence-corrected chi connectivity index (χ3v) is 5.19. The molecule has 2 N–H and O–H groups in total. The van der Waals surface area contributed by atoms with Gasteiger partial charge >= 0.3 is 0 Å². The molecule has 26 heavy (non-hydrogen) atoms. The average Bonchev–Trinajstić information content (AvgIpc) is 2.94. The maximum atomic E-state index is 12.9. The number of amides is 1. The minimum Gasteiger partial charge on any atom is -0.475 e. The number of hydrogen-bond donors (Lipinski definition) is 1. The first-order valence-corrected chi connectivity index (χ1v) is 9.58. The van der Waals surface area contributed by atoms with E-state index in [9.17, 15) is 13.2 Å². The Kier molecular flexibility index (Phi) is 3.58. The van der Waals surface area contributed by atoms with Gasteiger partial charge in [0.25, 0.3) is 5.91 Å². The van der Waals surface area contributed by atoms with Crippen molar-refractivity contribution >= 4 is 38.3 Å². The number of aromatic nitrogens is 3. The number of fused-ring (bicyclic) bond motifs is 2. The molecule has 0 unspecified atom stereocenters. The molecule has 1 aliphatic rings. The van der Waals surface area contributed by atoms with Crippen molar-refractivity contribution in [3.05, 3.63) is 42.4 Å². The van der Waals surface area contributed by atoms with Crippen molar-refractivity contribution in [1.29, 1.82) is 0 Å². The summed E-state index contributed by atoms with van der Waals surface area (Å²) in [7, 11) is -3.40. The molecule has 0 aliphatic carbocycles. The maximum Gasteiger partial charge on any atom is 0.267 e. The van der Waals surface area contributed by atoms with Crippen molar-refractivity contribution in [2.24, 2.45) is 0 Å². The summed E-state index contributed by atoms with van der Waals surface area (Å²) in [6, 6.07) is 6.79. The Morgan fingerprint density at radius 1 is 1.23 bits per heavy atom. The molecule has 1 amide bonds. The summed E-state index contributed by atoms with van der Waals surface area (Å²) < 4.78 is 30.3. The molecular formula is C16H15N5O4S. The Morgan fingerprint density at radius 2 is 2.04 bits per heavy atom. The van der Waals surface area contributed by atoms with Crippen LogP contribution in [0, 0.1) is 0 Å². The molecule has 0 spiro atoms. The van der Waals surface area contributed by atoms with Gasteiger partial charge in [0.05, 0.1) is 18.3 Å². The number of ether oxygens (including phenoxy) is 1. The summed E-state index contributed by atoms with van der Waals surface area (Å²) in [5.74, 6) is -0.150. The van der Waals surface area contributed by atoms with E-state index in [1.807, 2.05) is 0 Å². The lowest BCUT2D eigenvalue weighted by Crippen LogP contribution is -2.32. The molecule has 0 bridgehead atoms. The Bertz CT molecular complexity index is 1140. The van der Waals surface area contributed by atoms with E-state index in [-0.39, 0.29) is 29.8 Å². The zero-order valence-corrected chi connectivity index (χ0v) is 14.6. The van der Waals surface area contributed by atoms with Crippen LogP contribution < -0.4 is 15.4 Å². The Labute approximate surface area is 149 Å². The average molecular weight is 373 g/mol. The second-order valence-electron chi connectivity index (χ2n) is 5.86. The lowest BCUT2D eigenvalue weighted by molar-refractivity contribution is 0.0990. The maximum absolute atomic E-state index is 12.9. The number of nitrogen functional groups attached to an aromatic ring is 1. The van der Waals surface area contributed by atoms with Crippen LogP contribution in [0.4, 0.5) is 11.5 Å². The molecule has 2 aromatic heterocycles. The van der Waals surface area contributed by atoms with Crippen LogP contribution in [0.2, 0.25) is 0 Å². The fourth-order valence-electron chi connectivity index (χ4n) is 2.97. The zero-order valence-electron chi connectivity index (χ0n) is 13.8. The van der Waals surface area contributed by atoms with E-state index in [0.717, 1.165) is 6.26 Å². The van der Waals surface area contributed by atoms with Gasteiger partial charge in [0.2, 0.25) is 15.9 Å². The number of benzene rings is 1. The molecule has 4 rings (SSSR count). The van der Waals surface area contributed by atoms with Crippen LogP contribution in [-0.4, -0.2) is 47.7 Å². The number of carbonyl (C=O) groups excluding carboxylic acids is 1. The number of anilines is 2. The third kappa shape index (κ3) is 2.54. The molecule has 0 saturated carbocycles. The molecule has 1 aromatic carbocycles. The summed E-state index contributed by atoms with van der Waals surface area (Å²) in [6.45, 7) is 0.546. The molecule has 3 aromatic rings. The van der Waals surface area contributed by atoms with E-state index in [1.54, 1.807) is 24.3 Å². The summed E-state index contributed by atoms with van der Waals surface area (Å²) in [5, 5.41) is 0.698. The Balaban J connectivity index is 1.80. The van der Waals surface area contributed by atoms with Crippen LogP contribution in [0.1, 0.15) is 10.4 Å². The van der Waals surface area contributed by atoms with Crippen LogP contribution in [0.15, 0.2) is 36.8 Å². The predicted octanol–water partition coefficient (Wildman–Crippen LogP) is 0.860. The highest BCUT2D eigenvalue weighted by Crippen LogP contribution is 2.29. The Hall–Kier alpha value is -3.14. The molecule has 3 heterocycles. The topological polar surface area (TPSA) is 120 Å². The van der Waals surface area contributed by atoms with Crippen molar-refractivity contribution in [3.8, 4) is 5.88 Å². The minimum absolute atomic E-state index is 0.0520. The highest BCUT2D eigenvalue weighted by Gasteiger charge is 2.29. The molecule has 10 heteroatoms.